The zero-order chi connectivity index (χ0) is 33.2. The van der Waals surface area contributed by atoms with Crippen LogP contribution in [-0.2, 0) is 23.9 Å². The van der Waals surface area contributed by atoms with E-state index in [1.165, 1.54) is 22.7 Å². The van der Waals surface area contributed by atoms with Crippen LogP contribution >= 0.6 is 38.6 Å². The molecule has 0 atom stereocenters. The fourth-order valence-corrected chi connectivity index (χ4v) is 4.63. The summed E-state index contributed by atoms with van der Waals surface area (Å²) in [6.45, 7) is 7.44. The van der Waals surface area contributed by atoms with E-state index in [1.807, 2.05) is 67.6 Å². The van der Waals surface area contributed by atoms with Crippen molar-refractivity contribution < 1.29 is 28.7 Å². The number of hydrogen-bond donors (Lipinski definition) is 1. The highest BCUT2D eigenvalue weighted by Crippen LogP contribution is 2.25. The summed E-state index contributed by atoms with van der Waals surface area (Å²) in [5, 5.41) is 14.4. The molecule has 0 radical (unpaired) electrons. The Labute approximate surface area is 276 Å². The quantitative estimate of drug-likeness (QED) is 0.115. The molecule has 0 aliphatic carbocycles. The summed E-state index contributed by atoms with van der Waals surface area (Å²) in [5.74, 6) is -1.47. The van der Waals surface area contributed by atoms with Crippen LogP contribution in [-0.4, -0.2) is 66.8 Å². The van der Waals surface area contributed by atoms with Crippen LogP contribution in [0.1, 0.15) is 44.6 Å². The van der Waals surface area contributed by atoms with Gasteiger partial charge in [0.25, 0.3) is 0 Å². The summed E-state index contributed by atoms with van der Waals surface area (Å²) in [4.78, 5) is 47.0. The zero-order valence-electron chi connectivity index (χ0n) is 25.1. The van der Waals surface area contributed by atoms with Crippen molar-refractivity contribution in [3.05, 3.63) is 72.6 Å². The number of nitrogen functional groups attached to an aromatic ring is 1. The lowest BCUT2D eigenvalue weighted by Crippen LogP contribution is -2.17. The standard InChI is InChI=1S/C13H11N3O2S.C8H7N3S.C5H7BrO3.C4H8O/c1-2-18-12(17)10-8-16-13(14-10)19-11(15-16)9-6-4-3-5-7-9;9-8-11-10-7(12-8)6-4-2-1-3-5-6;1-2-9-5(8)4(7)3-6;1-3-4(2)5/h3-8H,2H2,1H3;1-5H,(H2,9,11);2-3H2,1H3;3H2,1-2H3. The average Bonchev–Trinajstić information content (AvgIpc) is 3.78. The maximum Gasteiger partial charge on any atom is 0.375 e. The number of carbonyl (C=O) groups is 4. The monoisotopic (exact) mass is 716 g/mol. The van der Waals surface area contributed by atoms with Gasteiger partial charge in [-0.25, -0.2) is 19.1 Å². The van der Waals surface area contributed by atoms with Gasteiger partial charge in [0.2, 0.25) is 15.9 Å². The van der Waals surface area contributed by atoms with Gasteiger partial charge in [0.1, 0.15) is 15.8 Å². The average molecular weight is 718 g/mol. The first kappa shape index (κ1) is 36.8. The van der Waals surface area contributed by atoms with Crippen molar-refractivity contribution in [2.24, 2.45) is 0 Å². The van der Waals surface area contributed by atoms with E-state index in [1.54, 1.807) is 31.5 Å². The molecule has 0 fully saturated rings. The minimum atomic E-state index is -0.769. The number of anilines is 1. The second kappa shape index (κ2) is 19.8. The van der Waals surface area contributed by atoms with Gasteiger partial charge < -0.3 is 20.0 Å². The number of benzene rings is 2. The third kappa shape index (κ3) is 12.7. The number of carbonyl (C=O) groups excluding carboxylic acids is 4. The van der Waals surface area contributed by atoms with Crippen molar-refractivity contribution >= 4 is 72.2 Å². The Hall–Kier alpha value is -4.34. The van der Waals surface area contributed by atoms with Crippen LogP contribution in [0.15, 0.2) is 66.9 Å². The number of alkyl halides is 1. The predicted molar refractivity (Wildman–Crippen MR) is 178 cm³/mol. The van der Waals surface area contributed by atoms with E-state index in [-0.39, 0.29) is 17.7 Å². The van der Waals surface area contributed by atoms with E-state index in [9.17, 15) is 19.2 Å². The molecule has 0 unspecified atom stereocenters. The number of aromatic nitrogens is 5. The molecule has 0 bridgehead atoms. The molecular weight excluding hydrogens is 684 g/mol. The molecule has 2 N–H and O–H groups in total. The van der Waals surface area contributed by atoms with Gasteiger partial charge in [-0.05, 0) is 20.8 Å². The fraction of sp³-hybridized carbons (Fsp3) is 0.267. The molecule has 12 nitrogen and oxygen atoms in total. The van der Waals surface area contributed by atoms with Crippen LogP contribution in [0.25, 0.3) is 26.1 Å². The first-order chi connectivity index (χ1) is 21.6. The molecule has 3 heterocycles. The topological polar surface area (TPSA) is 169 Å². The SMILES string of the molecule is CCC(C)=O.CCOC(=O)C(=O)CBr.CCOC(=O)c1cn2nc(-c3ccccc3)sc2n1.Nc1nnc(-c2ccccc2)s1. The second-order valence-corrected chi connectivity index (χ2v) is 11.0. The number of rotatable bonds is 8. The molecule has 0 aliphatic heterocycles. The molecule has 0 saturated heterocycles. The maximum absolute atomic E-state index is 11.5. The summed E-state index contributed by atoms with van der Waals surface area (Å²) in [5.41, 5.74) is 7.85. The van der Waals surface area contributed by atoms with Crippen LogP contribution in [0.2, 0.25) is 0 Å². The van der Waals surface area contributed by atoms with Gasteiger partial charge >= 0.3 is 11.9 Å². The van der Waals surface area contributed by atoms with Gasteiger partial charge in [0.05, 0.1) is 24.7 Å². The Morgan fingerprint density at radius 3 is 1.84 bits per heavy atom. The fourth-order valence-electron chi connectivity index (χ4n) is 2.90. The molecule has 5 aromatic rings. The molecule has 0 amide bonds. The van der Waals surface area contributed by atoms with Crippen molar-refractivity contribution in [3.63, 3.8) is 0 Å². The number of nitrogens with zero attached hydrogens (tertiary/aromatic N) is 5. The largest absolute Gasteiger partial charge is 0.461 e. The molecule has 3 aromatic heterocycles. The van der Waals surface area contributed by atoms with E-state index in [0.29, 0.717) is 28.8 Å². The Morgan fingerprint density at radius 2 is 1.40 bits per heavy atom. The highest BCUT2D eigenvalue weighted by molar-refractivity contribution is 9.09. The Balaban J connectivity index is 0.000000234. The minimum absolute atomic E-state index is 0.0336. The number of ketones is 2. The Bertz CT molecular complexity index is 1630. The number of nitrogens with two attached hydrogens (primary N) is 1. The van der Waals surface area contributed by atoms with Gasteiger partial charge in [-0.2, -0.15) is 5.10 Å². The third-order valence-electron chi connectivity index (χ3n) is 5.13. The number of hydrogen-bond acceptors (Lipinski definition) is 13. The first-order valence-electron chi connectivity index (χ1n) is 13.6. The molecule has 2 aromatic carbocycles. The molecule has 15 heteroatoms. The van der Waals surface area contributed by atoms with Gasteiger partial charge in [0, 0.05) is 17.5 Å². The van der Waals surface area contributed by atoms with Crippen LogP contribution < -0.4 is 5.73 Å². The zero-order valence-corrected chi connectivity index (χ0v) is 28.4. The molecule has 5 rings (SSSR count). The molecule has 0 aliphatic rings. The van der Waals surface area contributed by atoms with Gasteiger partial charge in [-0.3, -0.25) is 4.79 Å². The highest BCUT2D eigenvalue weighted by Gasteiger charge is 2.15. The van der Waals surface area contributed by atoms with Crippen LogP contribution in [0, 0.1) is 0 Å². The Kier molecular flexibility index (Phi) is 16.2. The van der Waals surface area contributed by atoms with Crippen molar-refractivity contribution in [2.45, 2.75) is 34.1 Å². The lowest BCUT2D eigenvalue weighted by Gasteiger charge is -1.95. The number of esters is 2. The minimum Gasteiger partial charge on any atom is -0.461 e. The van der Waals surface area contributed by atoms with Gasteiger partial charge in [0.15, 0.2) is 5.69 Å². The van der Waals surface area contributed by atoms with Crippen molar-refractivity contribution in [2.75, 3.05) is 24.3 Å². The molecular formula is C30H33BrN6O6S2. The highest BCUT2D eigenvalue weighted by atomic mass is 79.9. The van der Waals surface area contributed by atoms with E-state index < -0.39 is 17.7 Å². The third-order valence-corrected chi connectivity index (χ3v) is 7.41. The molecule has 45 heavy (non-hydrogen) atoms. The molecule has 0 saturated carbocycles. The number of imidazole rings is 1. The maximum atomic E-state index is 11.5. The summed E-state index contributed by atoms with van der Waals surface area (Å²) in [7, 11) is 0. The Morgan fingerprint density at radius 1 is 0.844 bits per heavy atom. The van der Waals surface area contributed by atoms with Crippen LogP contribution in [0.3, 0.4) is 0 Å². The van der Waals surface area contributed by atoms with Gasteiger partial charge in [-0.15, -0.1) is 10.2 Å². The van der Waals surface area contributed by atoms with Gasteiger partial charge in [-0.1, -0.05) is 106 Å². The first-order valence-corrected chi connectivity index (χ1v) is 16.4. The molecule has 238 valence electrons. The normalized spacial score (nSPS) is 9.80. The summed E-state index contributed by atoms with van der Waals surface area (Å²) in [6, 6.07) is 19.7. The summed E-state index contributed by atoms with van der Waals surface area (Å²) in [6.07, 6.45) is 2.26. The number of fused-ring (bicyclic) bond motifs is 1. The van der Waals surface area contributed by atoms with E-state index in [0.717, 1.165) is 21.1 Å². The molecule has 0 spiro atoms. The second-order valence-electron chi connectivity index (χ2n) is 8.49. The van der Waals surface area contributed by atoms with E-state index in [4.69, 9.17) is 10.5 Å². The lowest BCUT2D eigenvalue weighted by atomic mass is 10.2. The summed E-state index contributed by atoms with van der Waals surface area (Å²) >= 11 is 5.67. The number of halogens is 1. The van der Waals surface area contributed by atoms with E-state index >= 15 is 0 Å². The van der Waals surface area contributed by atoms with Crippen molar-refractivity contribution in [3.8, 4) is 21.1 Å². The summed E-state index contributed by atoms with van der Waals surface area (Å²) < 4.78 is 10.9. The smallest absolute Gasteiger partial charge is 0.375 e. The van der Waals surface area contributed by atoms with Crippen LogP contribution in [0.4, 0.5) is 5.13 Å². The van der Waals surface area contributed by atoms with Crippen molar-refractivity contribution in [1.29, 1.82) is 0 Å². The van der Waals surface area contributed by atoms with E-state index in [2.05, 4.69) is 40.9 Å². The predicted octanol–water partition coefficient (Wildman–Crippen LogP) is 5.92. The van der Waals surface area contributed by atoms with Crippen molar-refractivity contribution in [1.82, 2.24) is 24.8 Å². The number of ether oxygens (including phenoxy) is 2. The van der Waals surface area contributed by atoms with Crippen LogP contribution in [0.5, 0.6) is 0 Å². The lowest BCUT2D eigenvalue weighted by molar-refractivity contribution is -0.152. The number of Topliss-reactive ketones (excluding diaryl/α,β-unsaturated/α-hetero) is 2.